The SMILES string of the molecule is C#CCCOC(=O)C(C)NC(=O)c1ccccc1. The van der Waals surface area contributed by atoms with Crippen molar-refractivity contribution >= 4 is 11.9 Å². The second-order valence-electron chi connectivity index (χ2n) is 3.68. The molecule has 0 aliphatic heterocycles. The second-order valence-corrected chi connectivity index (χ2v) is 3.68. The Morgan fingerprint density at radius 3 is 2.67 bits per heavy atom. The number of hydrogen-bond donors (Lipinski definition) is 1. The van der Waals surface area contributed by atoms with Crippen LogP contribution < -0.4 is 5.32 Å². The summed E-state index contributed by atoms with van der Waals surface area (Å²) in [6, 6.07) is 7.97. The lowest BCUT2D eigenvalue weighted by Crippen LogP contribution is -2.39. The first-order valence-electron chi connectivity index (χ1n) is 5.61. The minimum Gasteiger partial charge on any atom is -0.463 e. The average Bonchev–Trinajstić information content (AvgIpc) is 2.39. The Labute approximate surface area is 106 Å². The molecule has 1 aromatic carbocycles. The molecule has 0 fully saturated rings. The van der Waals surface area contributed by atoms with Gasteiger partial charge in [0.15, 0.2) is 0 Å². The largest absolute Gasteiger partial charge is 0.463 e. The third kappa shape index (κ3) is 4.30. The van der Waals surface area contributed by atoms with E-state index in [0.717, 1.165) is 0 Å². The molecule has 4 nitrogen and oxygen atoms in total. The van der Waals surface area contributed by atoms with Crippen molar-refractivity contribution in [2.24, 2.45) is 0 Å². The molecule has 1 aromatic rings. The Morgan fingerprint density at radius 2 is 2.06 bits per heavy atom. The van der Waals surface area contributed by atoms with E-state index in [1.54, 1.807) is 31.2 Å². The van der Waals surface area contributed by atoms with Gasteiger partial charge < -0.3 is 10.1 Å². The van der Waals surface area contributed by atoms with Gasteiger partial charge in [0.05, 0.1) is 0 Å². The predicted molar refractivity (Wildman–Crippen MR) is 67.8 cm³/mol. The van der Waals surface area contributed by atoms with Gasteiger partial charge in [0, 0.05) is 12.0 Å². The van der Waals surface area contributed by atoms with Gasteiger partial charge >= 0.3 is 5.97 Å². The van der Waals surface area contributed by atoms with E-state index in [1.165, 1.54) is 0 Å². The molecule has 1 atom stereocenters. The average molecular weight is 245 g/mol. The van der Waals surface area contributed by atoms with Crippen molar-refractivity contribution in [3.8, 4) is 12.3 Å². The molecule has 0 radical (unpaired) electrons. The summed E-state index contributed by atoms with van der Waals surface area (Å²) in [5, 5.41) is 2.56. The van der Waals surface area contributed by atoms with E-state index in [2.05, 4.69) is 11.2 Å². The number of nitrogens with one attached hydrogen (secondary N) is 1. The molecule has 0 aliphatic carbocycles. The van der Waals surface area contributed by atoms with E-state index < -0.39 is 12.0 Å². The van der Waals surface area contributed by atoms with Crippen molar-refractivity contribution in [2.45, 2.75) is 19.4 Å². The van der Waals surface area contributed by atoms with E-state index in [0.29, 0.717) is 12.0 Å². The first-order chi connectivity index (χ1) is 8.65. The smallest absolute Gasteiger partial charge is 0.328 e. The lowest BCUT2D eigenvalue weighted by Gasteiger charge is -2.12. The highest BCUT2D eigenvalue weighted by molar-refractivity contribution is 5.96. The monoisotopic (exact) mass is 245 g/mol. The van der Waals surface area contributed by atoms with Crippen molar-refractivity contribution in [3.63, 3.8) is 0 Å². The second kappa shape index (κ2) is 7.13. The van der Waals surface area contributed by atoms with Crippen LogP contribution in [0.1, 0.15) is 23.7 Å². The van der Waals surface area contributed by atoms with Gasteiger partial charge in [0.1, 0.15) is 12.6 Å². The summed E-state index contributed by atoms with van der Waals surface area (Å²) < 4.78 is 4.88. The van der Waals surface area contributed by atoms with E-state index in [9.17, 15) is 9.59 Å². The summed E-state index contributed by atoms with van der Waals surface area (Å²) >= 11 is 0. The Hall–Kier alpha value is -2.28. The Balaban J connectivity index is 2.45. The number of terminal acetylenes is 1. The van der Waals surface area contributed by atoms with Crippen LogP contribution in [0.5, 0.6) is 0 Å². The molecule has 0 bridgehead atoms. The van der Waals surface area contributed by atoms with E-state index in [1.807, 2.05) is 6.07 Å². The maximum absolute atomic E-state index is 11.7. The minimum atomic E-state index is -0.699. The summed E-state index contributed by atoms with van der Waals surface area (Å²) in [7, 11) is 0. The zero-order valence-corrected chi connectivity index (χ0v) is 10.2. The van der Waals surface area contributed by atoms with Gasteiger partial charge in [-0.3, -0.25) is 4.79 Å². The predicted octanol–water partition coefficient (Wildman–Crippen LogP) is 1.37. The van der Waals surface area contributed by atoms with Crippen molar-refractivity contribution in [1.82, 2.24) is 5.32 Å². The molecular formula is C14H15NO3. The van der Waals surface area contributed by atoms with Gasteiger partial charge in [-0.15, -0.1) is 12.3 Å². The van der Waals surface area contributed by atoms with Crippen molar-refractivity contribution < 1.29 is 14.3 Å². The first-order valence-corrected chi connectivity index (χ1v) is 5.61. The minimum absolute atomic E-state index is 0.168. The molecule has 1 rings (SSSR count). The van der Waals surface area contributed by atoms with Crippen molar-refractivity contribution in [1.29, 1.82) is 0 Å². The molecule has 18 heavy (non-hydrogen) atoms. The van der Waals surface area contributed by atoms with E-state index >= 15 is 0 Å². The molecule has 0 aromatic heterocycles. The lowest BCUT2D eigenvalue weighted by molar-refractivity contribution is -0.145. The molecule has 4 heteroatoms. The summed E-state index contributed by atoms with van der Waals surface area (Å²) in [4.78, 5) is 23.2. The molecule has 1 unspecified atom stereocenters. The van der Waals surface area contributed by atoms with Crippen LogP contribution in [0.25, 0.3) is 0 Å². The third-order valence-corrected chi connectivity index (χ3v) is 2.23. The number of ether oxygens (including phenoxy) is 1. The Bertz CT molecular complexity index is 448. The zero-order valence-electron chi connectivity index (χ0n) is 10.2. The van der Waals surface area contributed by atoms with E-state index in [4.69, 9.17) is 11.2 Å². The summed E-state index contributed by atoms with van der Waals surface area (Å²) in [6.07, 6.45) is 5.40. The molecule has 1 amide bonds. The van der Waals surface area contributed by atoms with Crippen LogP contribution in [-0.2, 0) is 9.53 Å². The van der Waals surface area contributed by atoms with Gasteiger partial charge in [-0.1, -0.05) is 18.2 Å². The van der Waals surface area contributed by atoms with Gasteiger partial charge in [-0.2, -0.15) is 0 Å². The fourth-order valence-corrected chi connectivity index (χ4v) is 1.26. The van der Waals surface area contributed by atoms with Gasteiger partial charge in [-0.25, -0.2) is 4.79 Å². The van der Waals surface area contributed by atoms with Crippen molar-refractivity contribution in [3.05, 3.63) is 35.9 Å². The number of amides is 1. The number of carbonyl (C=O) groups is 2. The van der Waals surface area contributed by atoms with Crippen LogP contribution in [0.3, 0.4) is 0 Å². The number of hydrogen-bond acceptors (Lipinski definition) is 3. The van der Waals surface area contributed by atoms with Crippen LogP contribution in [0.4, 0.5) is 0 Å². The molecule has 1 N–H and O–H groups in total. The molecule has 0 spiro atoms. The van der Waals surface area contributed by atoms with Crippen LogP contribution in [-0.4, -0.2) is 24.5 Å². The third-order valence-electron chi connectivity index (χ3n) is 2.23. The summed E-state index contributed by atoms with van der Waals surface area (Å²) in [6.45, 7) is 1.74. The molecule has 0 saturated heterocycles. The zero-order chi connectivity index (χ0) is 13.4. The topological polar surface area (TPSA) is 55.4 Å². The Morgan fingerprint density at radius 1 is 1.39 bits per heavy atom. The molecule has 0 aliphatic rings. The van der Waals surface area contributed by atoms with Crippen LogP contribution >= 0.6 is 0 Å². The number of benzene rings is 1. The highest BCUT2D eigenvalue weighted by atomic mass is 16.5. The number of carbonyl (C=O) groups excluding carboxylic acids is 2. The lowest BCUT2D eigenvalue weighted by atomic mass is 10.2. The normalized spacial score (nSPS) is 11.1. The van der Waals surface area contributed by atoms with Gasteiger partial charge in [0.25, 0.3) is 5.91 Å². The summed E-state index contributed by atoms with van der Waals surface area (Å²) in [5.41, 5.74) is 0.501. The van der Waals surface area contributed by atoms with Crippen LogP contribution in [0, 0.1) is 12.3 Å². The highest BCUT2D eigenvalue weighted by Crippen LogP contribution is 1.99. The first kappa shape index (κ1) is 13.8. The maximum Gasteiger partial charge on any atom is 0.328 e. The fraction of sp³-hybridized carbons (Fsp3) is 0.286. The molecule has 94 valence electrons. The number of rotatable bonds is 5. The quantitative estimate of drug-likeness (QED) is 0.484. The van der Waals surface area contributed by atoms with Crippen molar-refractivity contribution in [2.75, 3.05) is 6.61 Å². The Kier molecular flexibility index (Phi) is 5.46. The van der Waals surface area contributed by atoms with Crippen LogP contribution in [0.2, 0.25) is 0 Å². The van der Waals surface area contributed by atoms with Gasteiger partial charge in [-0.05, 0) is 19.1 Å². The number of esters is 1. The molecule has 0 saturated carbocycles. The standard InChI is InChI=1S/C14H15NO3/c1-3-4-10-18-14(17)11(2)15-13(16)12-8-6-5-7-9-12/h1,5-9,11H,4,10H2,2H3,(H,15,16). The maximum atomic E-state index is 11.7. The molecule has 0 heterocycles. The highest BCUT2D eigenvalue weighted by Gasteiger charge is 2.17. The van der Waals surface area contributed by atoms with Gasteiger partial charge in [0.2, 0.25) is 0 Å². The fourth-order valence-electron chi connectivity index (χ4n) is 1.26. The summed E-state index contributed by atoms with van der Waals surface area (Å²) in [5.74, 6) is 1.56. The molecular weight excluding hydrogens is 230 g/mol. The van der Waals surface area contributed by atoms with Crippen LogP contribution in [0.15, 0.2) is 30.3 Å². The van der Waals surface area contributed by atoms with E-state index in [-0.39, 0.29) is 12.5 Å².